The summed E-state index contributed by atoms with van der Waals surface area (Å²) in [6.45, 7) is 3.78. The molecule has 1 saturated heterocycles. The van der Waals surface area contributed by atoms with Crippen LogP contribution in [0.15, 0.2) is 65.3 Å². The number of nitrogens with one attached hydrogen (secondary N) is 3. The maximum absolute atomic E-state index is 12.4. The summed E-state index contributed by atoms with van der Waals surface area (Å²) < 4.78 is 0.811. The van der Waals surface area contributed by atoms with Crippen molar-refractivity contribution in [3.63, 3.8) is 0 Å². The van der Waals surface area contributed by atoms with E-state index in [1.165, 1.54) is 5.56 Å². The number of nitrogens with zero attached hydrogens (tertiary/aromatic N) is 3. The minimum absolute atomic E-state index is 0.0551. The van der Waals surface area contributed by atoms with Gasteiger partial charge in [0.05, 0.1) is 4.47 Å². The van der Waals surface area contributed by atoms with E-state index in [9.17, 15) is 4.79 Å². The molecular formula is C25H29BrN6O. The van der Waals surface area contributed by atoms with Gasteiger partial charge in [-0.15, -0.1) is 0 Å². The van der Waals surface area contributed by atoms with Crippen molar-refractivity contribution in [3.8, 4) is 0 Å². The van der Waals surface area contributed by atoms with Crippen LogP contribution < -0.4 is 16.0 Å². The Morgan fingerprint density at radius 3 is 2.64 bits per heavy atom. The maximum Gasteiger partial charge on any atom is 0.321 e. The van der Waals surface area contributed by atoms with E-state index in [0.29, 0.717) is 5.95 Å². The van der Waals surface area contributed by atoms with Crippen LogP contribution in [0.5, 0.6) is 0 Å². The highest BCUT2D eigenvalue weighted by Crippen LogP contribution is 2.24. The minimum Gasteiger partial charge on any atom is -0.367 e. The number of likely N-dealkylation sites (tertiary alicyclic amines) is 1. The minimum atomic E-state index is -0.0551. The molecule has 3 N–H and O–H groups in total. The van der Waals surface area contributed by atoms with Crippen LogP contribution in [0.25, 0.3) is 0 Å². The van der Waals surface area contributed by atoms with Gasteiger partial charge in [-0.1, -0.05) is 36.4 Å². The molecule has 1 aliphatic rings. The van der Waals surface area contributed by atoms with Gasteiger partial charge in [0.2, 0.25) is 5.95 Å². The van der Waals surface area contributed by atoms with Gasteiger partial charge in [-0.25, -0.2) is 9.78 Å². The molecule has 2 amide bonds. The lowest BCUT2D eigenvalue weighted by molar-refractivity contribution is 0.222. The number of aromatic nitrogens is 2. The topological polar surface area (TPSA) is 82.2 Å². The van der Waals surface area contributed by atoms with Crippen molar-refractivity contribution in [1.82, 2.24) is 14.9 Å². The Bertz CT molecular complexity index is 1070. The monoisotopic (exact) mass is 508 g/mol. The summed E-state index contributed by atoms with van der Waals surface area (Å²) in [6.07, 6.45) is 5.86. The first kappa shape index (κ1) is 23.0. The third kappa shape index (κ3) is 6.68. The number of aryl methyl sites for hydroxylation is 1. The van der Waals surface area contributed by atoms with Crippen LogP contribution in [0, 0.1) is 0 Å². The average Bonchev–Trinajstić information content (AvgIpc) is 3.36. The first-order chi connectivity index (χ1) is 16.1. The molecule has 33 heavy (non-hydrogen) atoms. The van der Waals surface area contributed by atoms with E-state index >= 15 is 0 Å². The zero-order valence-corrected chi connectivity index (χ0v) is 20.3. The van der Waals surface area contributed by atoms with Crippen molar-refractivity contribution in [2.45, 2.75) is 38.6 Å². The Hall–Kier alpha value is -3.13. The molecule has 0 spiro atoms. The smallest absolute Gasteiger partial charge is 0.321 e. The lowest BCUT2D eigenvalue weighted by Crippen LogP contribution is -2.32. The second-order valence-corrected chi connectivity index (χ2v) is 9.14. The van der Waals surface area contributed by atoms with E-state index in [2.05, 4.69) is 73.0 Å². The largest absolute Gasteiger partial charge is 0.367 e. The van der Waals surface area contributed by atoms with E-state index in [1.807, 2.05) is 35.2 Å². The lowest BCUT2D eigenvalue weighted by Gasteiger charge is -2.17. The van der Waals surface area contributed by atoms with E-state index < -0.39 is 0 Å². The fourth-order valence-corrected chi connectivity index (χ4v) is 4.09. The van der Waals surface area contributed by atoms with E-state index in [0.717, 1.165) is 60.4 Å². The zero-order chi connectivity index (χ0) is 23.0. The van der Waals surface area contributed by atoms with Crippen LogP contribution in [0.2, 0.25) is 0 Å². The number of benzene rings is 2. The molecule has 3 aromatic rings. The molecule has 1 aliphatic heterocycles. The molecule has 2 heterocycles. The maximum atomic E-state index is 12.4. The van der Waals surface area contributed by atoms with Crippen LogP contribution in [0.4, 0.5) is 27.9 Å². The molecule has 1 fully saturated rings. The van der Waals surface area contributed by atoms with E-state index in [-0.39, 0.29) is 12.1 Å². The summed E-state index contributed by atoms with van der Waals surface area (Å²) >= 11 is 3.54. The highest BCUT2D eigenvalue weighted by atomic mass is 79.9. The Labute approximate surface area is 203 Å². The first-order valence-electron chi connectivity index (χ1n) is 11.3. The summed E-state index contributed by atoms with van der Waals surface area (Å²) in [5, 5.41) is 9.68. The van der Waals surface area contributed by atoms with Gasteiger partial charge in [0.15, 0.2) is 0 Å². The van der Waals surface area contributed by atoms with Crippen molar-refractivity contribution in [2.24, 2.45) is 0 Å². The Balaban J connectivity index is 1.36. The fourth-order valence-electron chi connectivity index (χ4n) is 3.79. The number of carbonyl (C=O) groups excluding carboxylic acids is 1. The van der Waals surface area contributed by atoms with Crippen LogP contribution >= 0.6 is 15.9 Å². The van der Waals surface area contributed by atoms with Gasteiger partial charge in [-0.2, -0.15) is 4.98 Å². The van der Waals surface area contributed by atoms with Crippen molar-refractivity contribution in [3.05, 3.63) is 70.8 Å². The number of anilines is 4. The number of rotatable bonds is 8. The van der Waals surface area contributed by atoms with Crippen LogP contribution in [0.1, 0.15) is 31.7 Å². The number of hydrogen-bond acceptors (Lipinski definition) is 5. The predicted molar refractivity (Wildman–Crippen MR) is 137 cm³/mol. The molecule has 172 valence electrons. The Morgan fingerprint density at radius 1 is 1.09 bits per heavy atom. The van der Waals surface area contributed by atoms with Crippen molar-refractivity contribution in [1.29, 1.82) is 0 Å². The second-order valence-electron chi connectivity index (χ2n) is 8.29. The third-order valence-electron chi connectivity index (χ3n) is 5.60. The molecule has 0 radical (unpaired) electrons. The van der Waals surface area contributed by atoms with Gasteiger partial charge in [-0.05, 0) is 72.3 Å². The number of halogens is 1. The SMILES string of the molecule is CC(CCc1ccccc1)Nc1nc(Nc2cccc(NC(=O)N3CCCC3)c2)ncc1Br. The summed E-state index contributed by atoms with van der Waals surface area (Å²) in [4.78, 5) is 23.2. The van der Waals surface area contributed by atoms with Gasteiger partial charge in [0.1, 0.15) is 5.82 Å². The van der Waals surface area contributed by atoms with Gasteiger partial charge >= 0.3 is 6.03 Å². The Morgan fingerprint density at radius 2 is 1.85 bits per heavy atom. The zero-order valence-electron chi connectivity index (χ0n) is 18.7. The lowest BCUT2D eigenvalue weighted by atomic mass is 10.1. The molecule has 1 unspecified atom stereocenters. The molecule has 7 nitrogen and oxygen atoms in total. The number of carbonyl (C=O) groups is 1. The van der Waals surface area contributed by atoms with Crippen LogP contribution in [0.3, 0.4) is 0 Å². The second kappa shape index (κ2) is 11.1. The molecule has 0 saturated carbocycles. The molecule has 0 bridgehead atoms. The van der Waals surface area contributed by atoms with Gasteiger partial charge < -0.3 is 20.9 Å². The van der Waals surface area contributed by atoms with E-state index in [4.69, 9.17) is 0 Å². The first-order valence-corrected chi connectivity index (χ1v) is 12.1. The normalized spacial score (nSPS) is 14.1. The molecule has 2 aromatic carbocycles. The van der Waals surface area contributed by atoms with Crippen LogP contribution in [-0.2, 0) is 6.42 Å². The third-order valence-corrected chi connectivity index (χ3v) is 6.18. The molecule has 4 rings (SSSR count). The Kier molecular flexibility index (Phi) is 7.78. The highest BCUT2D eigenvalue weighted by molar-refractivity contribution is 9.10. The summed E-state index contributed by atoms with van der Waals surface area (Å²) in [5.74, 6) is 1.23. The van der Waals surface area contributed by atoms with Crippen molar-refractivity contribution in [2.75, 3.05) is 29.0 Å². The van der Waals surface area contributed by atoms with Crippen LogP contribution in [-0.4, -0.2) is 40.0 Å². The molecule has 8 heteroatoms. The molecular weight excluding hydrogens is 480 g/mol. The van der Waals surface area contributed by atoms with Gasteiger partial charge in [-0.3, -0.25) is 0 Å². The fraction of sp³-hybridized carbons (Fsp3) is 0.320. The number of amides is 2. The van der Waals surface area contributed by atoms with Crippen molar-refractivity contribution >= 4 is 45.1 Å². The average molecular weight is 509 g/mol. The quantitative estimate of drug-likeness (QED) is 0.345. The predicted octanol–water partition coefficient (Wildman–Crippen LogP) is 6.04. The molecule has 0 aliphatic carbocycles. The number of hydrogen-bond donors (Lipinski definition) is 3. The van der Waals surface area contributed by atoms with Gasteiger partial charge in [0.25, 0.3) is 0 Å². The standard InChI is InChI=1S/C25H29BrN6O/c1-18(12-13-19-8-3-2-4-9-19)28-23-22(26)17-27-24(31-23)29-20-10-7-11-21(16-20)30-25(33)32-14-5-6-15-32/h2-4,7-11,16-18H,5-6,12-15H2,1H3,(H,30,33)(H2,27,28,29,31). The van der Waals surface area contributed by atoms with E-state index in [1.54, 1.807) is 6.20 Å². The van der Waals surface area contributed by atoms with Crippen molar-refractivity contribution < 1.29 is 4.79 Å². The summed E-state index contributed by atoms with van der Waals surface area (Å²) in [7, 11) is 0. The highest BCUT2D eigenvalue weighted by Gasteiger charge is 2.17. The number of urea groups is 1. The summed E-state index contributed by atoms with van der Waals surface area (Å²) in [5.41, 5.74) is 2.87. The summed E-state index contributed by atoms with van der Waals surface area (Å²) in [6, 6.07) is 18.2. The molecule has 1 aromatic heterocycles. The van der Waals surface area contributed by atoms with Gasteiger partial charge in [0, 0.05) is 36.7 Å². The molecule has 1 atom stereocenters.